The molecule has 1 saturated heterocycles. The summed E-state index contributed by atoms with van der Waals surface area (Å²) in [5.74, 6) is 0.397. The molecule has 1 aliphatic rings. The molecule has 1 fully saturated rings. The van der Waals surface area contributed by atoms with Gasteiger partial charge >= 0.3 is 0 Å². The van der Waals surface area contributed by atoms with Crippen molar-refractivity contribution in [3.05, 3.63) is 0 Å². The predicted octanol–water partition coefficient (Wildman–Crippen LogP) is 1.43. The second-order valence-electron chi connectivity index (χ2n) is 4.46. The van der Waals surface area contributed by atoms with E-state index in [1.165, 1.54) is 12.8 Å². The SMILES string of the molecule is CCC(=O)CCCN(C)C1CCNCC1. The summed E-state index contributed by atoms with van der Waals surface area (Å²) in [6, 6.07) is 0.725. The van der Waals surface area contributed by atoms with Crippen molar-refractivity contribution < 1.29 is 4.79 Å². The van der Waals surface area contributed by atoms with Gasteiger partial charge in [-0.05, 0) is 45.9 Å². The Morgan fingerprint density at radius 1 is 1.40 bits per heavy atom. The number of hydrogen-bond acceptors (Lipinski definition) is 3. The van der Waals surface area contributed by atoms with Gasteiger partial charge in [0.15, 0.2) is 0 Å². The van der Waals surface area contributed by atoms with E-state index in [0.717, 1.165) is 38.5 Å². The van der Waals surface area contributed by atoms with E-state index in [-0.39, 0.29) is 0 Å². The smallest absolute Gasteiger partial charge is 0.132 e. The fraction of sp³-hybridized carbons (Fsp3) is 0.917. The highest BCUT2D eigenvalue weighted by Gasteiger charge is 2.17. The molecule has 1 aliphatic heterocycles. The van der Waals surface area contributed by atoms with E-state index in [9.17, 15) is 4.79 Å². The number of carbonyl (C=O) groups is 1. The van der Waals surface area contributed by atoms with Crippen LogP contribution in [0, 0.1) is 0 Å². The minimum Gasteiger partial charge on any atom is -0.317 e. The molecule has 3 heteroatoms. The maximum absolute atomic E-state index is 11.1. The summed E-state index contributed by atoms with van der Waals surface area (Å²) in [6.07, 6.45) is 4.96. The topological polar surface area (TPSA) is 32.3 Å². The molecule has 3 nitrogen and oxygen atoms in total. The van der Waals surface area contributed by atoms with E-state index in [1.807, 2.05) is 6.92 Å². The molecule has 0 aliphatic carbocycles. The van der Waals surface area contributed by atoms with Gasteiger partial charge in [0.05, 0.1) is 0 Å². The lowest BCUT2D eigenvalue weighted by Crippen LogP contribution is -2.41. The Morgan fingerprint density at radius 3 is 2.67 bits per heavy atom. The molecule has 0 radical (unpaired) electrons. The maximum Gasteiger partial charge on any atom is 0.132 e. The van der Waals surface area contributed by atoms with Gasteiger partial charge in [-0.1, -0.05) is 6.92 Å². The van der Waals surface area contributed by atoms with Gasteiger partial charge in [-0.3, -0.25) is 4.79 Å². The first-order valence-electron chi connectivity index (χ1n) is 6.16. The summed E-state index contributed by atoms with van der Waals surface area (Å²) in [5, 5.41) is 3.37. The van der Waals surface area contributed by atoms with Crippen molar-refractivity contribution in [2.45, 2.75) is 45.1 Å². The fourth-order valence-electron chi connectivity index (χ4n) is 2.13. The molecule has 15 heavy (non-hydrogen) atoms. The largest absolute Gasteiger partial charge is 0.317 e. The van der Waals surface area contributed by atoms with Gasteiger partial charge in [0, 0.05) is 18.9 Å². The number of hydrogen-bond donors (Lipinski definition) is 1. The Morgan fingerprint density at radius 2 is 2.07 bits per heavy atom. The minimum absolute atomic E-state index is 0.397. The average molecular weight is 212 g/mol. The summed E-state index contributed by atoms with van der Waals surface area (Å²) >= 11 is 0. The molecule has 88 valence electrons. The summed E-state index contributed by atoms with van der Waals surface area (Å²) in [5.41, 5.74) is 0. The maximum atomic E-state index is 11.1. The molecule has 0 aromatic carbocycles. The highest BCUT2D eigenvalue weighted by atomic mass is 16.1. The quantitative estimate of drug-likeness (QED) is 0.723. The Balaban J connectivity index is 2.11. The predicted molar refractivity (Wildman–Crippen MR) is 63.1 cm³/mol. The van der Waals surface area contributed by atoms with Crippen LogP contribution in [0.25, 0.3) is 0 Å². The van der Waals surface area contributed by atoms with Crippen molar-refractivity contribution in [2.75, 3.05) is 26.7 Å². The van der Waals surface area contributed by atoms with Crippen LogP contribution in [0.15, 0.2) is 0 Å². The van der Waals surface area contributed by atoms with Crippen LogP contribution in [0.4, 0.5) is 0 Å². The van der Waals surface area contributed by atoms with Gasteiger partial charge < -0.3 is 10.2 Å². The molecular weight excluding hydrogens is 188 g/mol. The Kier molecular flexibility index (Phi) is 5.88. The molecular formula is C12H24N2O. The fourth-order valence-corrected chi connectivity index (χ4v) is 2.13. The van der Waals surface area contributed by atoms with Crippen molar-refractivity contribution in [1.82, 2.24) is 10.2 Å². The van der Waals surface area contributed by atoms with E-state index < -0.39 is 0 Å². The van der Waals surface area contributed by atoms with Crippen LogP contribution in [0.2, 0.25) is 0 Å². The van der Waals surface area contributed by atoms with Gasteiger partial charge in [0.25, 0.3) is 0 Å². The number of piperidine rings is 1. The molecule has 0 unspecified atom stereocenters. The monoisotopic (exact) mass is 212 g/mol. The van der Waals surface area contributed by atoms with Gasteiger partial charge in [0.2, 0.25) is 0 Å². The van der Waals surface area contributed by atoms with Crippen molar-refractivity contribution in [3.63, 3.8) is 0 Å². The minimum atomic E-state index is 0.397. The molecule has 1 rings (SSSR count). The third-order valence-corrected chi connectivity index (χ3v) is 3.29. The van der Waals surface area contributed by atoms with Gasteiger partial charge in [-0.15, -0.1) is 0 Å². The summed E-state index contributed by atoms with van der Waals surface area (Å²) in [4.78, 5) is 13.6. The zero-order valence-electron chi connectivity index (χ0n) is 10.1. The van der Waals surface area contributed by atoms with E-state index in [1.54, 1.807) is 0 Å². The van der Waals surface area contributed by atoms with E-state index in [0.29, 0.717) is 12.2 Å². The Bertz CT molecular complexity index is 188. The van der Waals surface area contributed by atoms with Crippen LogP contribution in [0.1, 0.15) is 39.0 Å². The lowest BCUT2D eigenvalue weighted by Gasteiger charge is -2.31. The third-order valence-electron chi connectivity index (χ3n) is 3.29. The summed E-state index contributed by atoms with van der Waals surface area (Å²) < 4.78 is 0. The van der Waals surface area contributed by atoms with Crippen molar-refractivity contribution >= 4 is 5.78 Å². The number of carbonyl (C=O) groups excluding carboxylic acids is 1. The van der Waals surface area contributed by atoms with Gasteiger partial charge in [-0.2, -0.15) is 0 Å². The first kappa shape index (κ1) is 12.7. The van der Waals surface area contributed by atoms with E-state index >= 15 is 0 Å². The number of nitrogens with one attached hydrogen (secondary N) is 1. The normalized spacial score (nSPS) is 18.3. The highest BCUT2D eigenvalue weighted by molar-refractivity contribution is 5.77. The first-order valence-corrected chi connectivity index (χ1v) is 6.16. The lowest BCUT2D eigenvalue weighted by molar-refractivity contribution is -0.118. The zero-order chi connectivity index (χ0) is 11.1. The third kappa shape index (κ3) is 4.76. The molecule has 0 spiro atoms. The standard InChI is InChI=1S/C12H24N2O/c1-3-12(15)5-4-10-14(2)11-6-8-13-9-7-11/h11,13H,3-10H2,1-2H3. The van der Waals surface area contributed by atoms with E-state index in [2.05, 4.69) is 17.3 Å². The van der Waals surface area contributed by atoms with Crippen LogP contribution in [-0.2, 0) is 4.79 Å². The van der Waals surface area contributed by atoms with Crippen LogP contribution in [0.3, 0.4) is 0 Å². The molecule has 0 saturated carbocycles. The van der Waals surface area contributed by atoms with Crippen LogP contribution in [0.5, 0.6) is 0 Å². The van der Waals surface area contributed by atoms with Crippen LogP contribution >= 0.6 is 0 Å². The number of Topliss-reactive ketones (excluding diaryl/α,β-unsaturated/α-hetero) is 1. The lowest BCUT2D eigenvalue weighted by atomic mass is 10.0. The number of nitrogens with zero attached hydrogens (tertiary/aromatic N) is 1. The first-order chi connectivity index (χ1) is 7.24. The van der Waals surface area contributed by atoms with Crippen molar-refractivity contribution in [2.24, 2.45) is 0 Å². The summed E-state index contributed by atoms with van der Waals surface area (Å²) in [7, 11) is 2.19. The highest BCUT2D eigenvalue weighted by Crippen LogP contribution is 2.10. The molecule has 0 aromatic heterocycles. The second kappa shape index (κ2) is 6.96. The second-order valence-corrected chi connectivity index (χ2v) is 4.46. The van der Waals surface area contributed by atoms with Crippen LogP contribution in [-0.4, -0.2) is 43.4 Å². The Labute approximate surface area is 93.2 Å². The summed E-state index contributed by atoms with van der Waals surface area (Å²) in [6.45, 7) is 5.29. The molecule has 0 amide bonds. The van der Waals surface area contributed by atoms with Gasteiger partial charge in [-0.25, -0.2) is 0 Å². The number of rotatable bonds is 6. The zero-order valence-corrected chi connectivity index (χ0v) is 10.1. The van der Waals surface area contributed by atoms with Crippen LogP contribution < -0.4 is 5.32 Å². The molecule has 1 heterocycles. The van der Waals surface area contributed by atoms with Gasteiger partial charge in [0.1, 0.15) is 5.78 Å². The molecule has 0 aromatic rings. The average Bonchev–Trinajstić information content (AvgIpc) is 2.29. The molecule has 0 atom stereocenters. The number of ketones is 1. The Hall–Kier alpha value is -0.410. The van der Waals surface area contributed by atoms with E-state index in [4.69, 9.17) is 0 Å². The molecule has 0 bridgehead atoms. The van der Waals surface area contributed by atoms with Crippen molar-refractivity contribution in [1.29, 1.82) is 0 Å². The van der Waals surface area contributed by atoms with Crippen molar-refractivity contribution in [3.8, 4) is 0 Å². The molecule has 1 N–H and O–H groups in total.